The summed E-state index contributed by atoms with van der Waals surface area (Å²) in [6.45, 7) is 1.01. The molecule has 0 radical (unpaired) electrons. The number of benzene rings is 3. The molecule has 3 aromatic carbocycles. The number of rotatable bonds is 7. The standard InChI is InChI=1S/C29H29IN2O3/c1-31(2)26(33)19-32-17-23(28(34)20-11-5-3-6-12-20)27(22-15-9-10-16-25(22)30)24(18-32)29(35)21-13-7-4-8-14-21/h3-16,23-24,27H,17-19H2,1-2H3. The summed E-state index contributed by atoms with van der Waals surface area (Å²) < 4.78 is 1.03. The number of carbonyl (C=O) groups is 3. The molecule has 2 atom stereocenters. The molecule has 1 heterocycles. The van der Waals surface area contributed by atoms with Crippen molar-refractivity contribution in [3.8, 4) is 0 Å². The Kier molecular flexibility index (Phi) is 8.13. The maximum absolute atomic E-state index is 13.9. The zero-order valence-electron chi connectivity index (χ0n) is 19.9. The molecule has 0 aromatic heterocycles. The molecule has 0 aliphatic carbocycles. The number of hydrogen-bond acceptors (Lipinski definition) is 4. The van der Waals surface area contributed by atoms with Gasteiger partial charge in [0.2, 0.25) is 5.91 Å². The van der Waals surface area contributed by atoms with E-state index in [0.29, 0.717) is 24.2 Å². The van der Waals surface area contributed by atoms with E-state index in [1.54, 1.807) is 19.0 Å². The molecule has 5 nitrogen and oxygen atoms in total. The molecule has 180 valence electrons. The lowest BCUT2D eigenvalue weighted by molar-refractivity contribution is -0.130. The average molecular weight is 580 g/mol. The molecule has 1 aliphatic rings. The van der Waals surface area contributed by atoms with Crippen LogP contribution in [0.3, 0.4) is 0 Å². The Hall–Kier alpha value is -2.84. The fourth-order valence-electron chi connectivity index (χ4n) is 4.90. The third-order valence-electron chi connectivity index (χ3n) is 6.69. The molecule has 0 bridgehead atoms. The van der Waals surface area contributed by atoms with Gasteiger partial charge in [0, 0.05) is 59.6 Å². The fraction of sp³-hybridized carbons (Fsp3) is 0.276. The number of likely N-dealkylation sites (N-methyl/N-ethyl adjacent to an activating group) is 1. The normalized spacial score (nSPS) is 20.3. The molecule has 1 saturated heterocycles. The quantitative estimate of drug-likeness (QED) is 0.299. The Morgan fingerprint density at radius 2 is 1.23 bits per heavy atom. The van der Waals surface area contributed by atoms with E-state index in [1.807, 2.05) is 89.8 Å². The SMILES string of the molecule is CN(C)C(=O)CN1CC(C(=O)c2ccccc2)C(c2ccccc2I)C(C(=O)c2ccccc2)C1. The van der Waals surface area contributed by atoms with Crippen LogP contribution in [0.15, 0.2) is 84.9 Å². The van der Waals surface area contributed by atoms with Gasteiger partial charge in [-0.05, 0) is 34.2 Å². The number of amides is 1. The van der Waals surface area contributed by atoms with Gasteiger partial charge in [0.05, 0.1) is 6.54 Å². The molecule has 0 spiro atoms. The summed E-state index contributed by atoms with van der Waals surface area (Å²) in [5.74, 6) is -1.26. The van der Waals surface area contributed by atoms with Gasteiger partial charge in [-0.2, -0.15) is 0 Å². The number of likely N-dealkylation sites (tertiary alicyclic amines) is 1. The smallest absolute Gasteiger partial charge is 0.236 e. The van der Waals surface area contributed by atoms with E-state index in [1.165, 1.54) is 0 Å². The first-order valence-electron chi connectivity index (χ1n) is 11.7. The monoisotopic (exact) mass is 580 g/mol. The van der Waals surface area contributed by atoms with E-state index in [9.17, 15) is 14.4 Å². The zero-order valence-corrected chi connectivity index (χ0v) is 22.1. The highest BCUT2D eigenvalue weighted by molar-refractivity contribution is 14.1. The van der Waals surface area contributed by atoms with Gasteiger partial charge in [-0.25, -0.2) is 0 Å². The number of ketones is 2. The number of hydrogen-bond donors (Lipinski definition) is 0. The predicted octanol–water partition coefficient (Wildman–Crippen LogP) is 4.78. The molecule has 1 amide bonds. The van der Waals surface area contributed by atoms with Crippen LogP contribution in [0.2, 0.25) is 0 Å². The van der Waals surface area contributed by atoms with Crippen LogP contribution in [0.4, 0.5) is 0 Å². The van der Waals surface area contributed by atoms with Crippen LogP contribution in [0.5, 0.6) is 0 Å². The average Bonchev–Trinajstić information content (AvgIpc) is 2.88. The van der Waals surface area contributed by atoms with Crippen molar-refractivity contribution >= 4 is 40.1 Å². The van der Waals surface area contributed by atoms with Crippen LogP contribution in [0.1, 0.15) is 32.2 Å². The largest absolute Gasteiger partial charge is 0.348 e. The van der Waals surface area contributed by atoms with Crippen molar-refractivity contribution in [3.63, 3.8) is 0 Å². The summed E-state index contributed by atoms with van der Waals surface area (Å²) in [4.78, 5) is 44.0. The van der Waals surface area contributed by atoms with Crippen LogP contribution >= 0.6 is 22.6 Å². The summed E-state index contributed by atoms with van der Waals surface area (Å²) in [6, 6.07) is 26.5. The zero-order chi connectivity index (χ0) is 24.9. The van der Waals surface area contributed by atoms with E-state index in [2.05, 4.69) is 22.6 Å². The van der Waals surface area contributed by atoms with E-state index < -0.39 is 11.8 Å². The minimum absolute atomic E-state index is 0.00289. The molecular formula is C29H29IN2O3. The van der Waals surface area contributed by atoms with E-state index in [-0.39, 0.29) is 29.9 Å². The van der Waals surface area contributed by atoms with Crippen molar-refractivity contribution in [2.75, 3.05) is 33.7 Å². The number of piperidine rings is 1. The molecule has 2 unspecified atom stereocenters. The van der Waals surface area contributed by atoms with Crippen molar-refractivity contribution in [3.05, 3.63) is 105 Å². The summed E-state index contributed by atoms with van der Waals surface area (Å²) in [7, 11) is 3.45. The van der Waals surface area contributed by atoms with Crippen LogP contribution in [-0.4, -0.2) is 61.0 Å². The van der Waals surface area contributed by atoms with Gasteiger partial charge >= 0.3 is 0 Å². The van der Waals surface area contributed by atoms with Crippen LogP contribution in [0, 0.1) is 15.4 Å². The number of halogens is 1. The minimum atomic E-state index is -0.463. The highest BCUT2D eigenvalue weighted by Crippen LogP contribution is 2.42. The summed E-state index contributed by atoms with van der Waals surface area (Å²) in [6.07, 6.45) is 0. The van der Waals surface area contributed by atoms with Crippen molar-refractivity contribution in [2.24, 2.45) is 11.8 Å². The summed E-state index contributed by atoms with van der Waals surface area (Å²) in [5, 5.41) is 0. The lowest BCUT2D eigenvalue weighted by Crippen LogP contribution is -2.52. The van der Waals surface area contributed by atoms with Crippen molar-refractivity contribution in [1.29, 1.82) is 0 Å². The van der Waals surface area contributed by atoms with Crippen LogP contribution in [-0.2, 0) is 4.79 Å². The molecule has 3 aromatic rings. The first-order valence-corrected chi connectivity index (χ1v) is 12.8. The second-order valence-electron chi connectivity index (χ2n) is 9.20. The number of Topliss-reactive ketones (excluding diaryl/α,β-unsaturated/α-hetero) is 2. The lowest BCUT2D eigenvalue weighted by Gasteiger charge is -2.43. The Balaban J connectivity index is 1.82. The fourth-order valence-corrected chi connectivity index (χ4v) is 5.65. The van der Waals surface area contributed by atoms with Crippen molar-refractivity contribution < 1.29 is 14.4 Å². The van der Waals surface area contributed by atoms with Gasteiger partial charge < -0.3 is 4.90 Å². The first kappa shape index (κ1) is 25.3. The van der Waals surface area contributed by atoms with E-state index in [0.717, 1.165) is 9.13 Å². The Morgan fingerprint density at radius 1 is 0.771 bits per heavy atom. The molecule has 0 N–H and O–H groups in total. The van der Waals surface area contributed by atoms with Gasteiger partial charge in [-0.15, -0.1) is 0 Å². The Morgan fingerprint density at radius 3 is 1.69 bits per heavy atom. The first-order chi connectivity index (χ1) is 16.9. The minimum Gasteiger partial charge on any atom is -0.348 e. The van der Waals surface area contributed by atoms with Gasteiger partial charge in [0.1, 0.15) is 0 Å². The molecule has 1 aliphatic heterocycles. The summed E-state index contributed by atoms with van der Waals surface area (Å²) in [5.41, 5.74) is 2.26. The second kappa shape index (κ2) is 11.3. The topological polar surface area (TPSA) is 57.7 Å². The molecule has 6 heteroatoms. The molecule has 35 heavy (non-hydrogen) atoms. The molecule has 4 rings (SSSR count). The lowest BCUT2D eigenvalue weighted by atomic mass is 9.68. The highest BCUT2D eigenvalue weighted by Gasteiger charge is 2.45. The van der Waals surface area contributed by atoms with Crippen LogP contribution in [0.25, 0.3) is 0 Å². The predicted molar refractivity (Wildman–Crippen MR) is 146 cm³/mol. The van der Waals surface area contributed by atoms with Gasteiger partial charge in [-0.3, -0.25) is 19.3 Å². The molecular weight excluding hydrogens is 551 g/mol. The van der Waals surface area contributed by atoms with E-state index in [4.69, 9.17) is 0 Å². The van der Waals surface area contributed by atoms with Gasteiger partial charge in [-0.1, -0.05) is 78.9 Å². The van der Waals surface area contributed by atoms with Gasteiger partial charge in [0.25, 0.3) is 0 Å². The Labute approximate surface area is 220 Å². The summed E-state index contributed by atoms with van der Waals surface area (Å²) >= 11 is 2.30. The third kappa shape index (κ3) is 5.70. The van der Waals surface area contributed by atoms with Crippen LogP contribution < -0.4 is 0 Å². The second-order valence-corrected chi connectivity index (χ2v) is 10.4. The Bertz CT molecular complexity index is 1140. The maximum Gasteiger partial charge on any atom is 0.236 e. The molecule has 1 fully saturated rings. The van der Waals surface area contributed by atoms with Gasteiger partial charge in [0.15, 0.2) is 11.6 Å². The number of nitrogens with zero attached hydrogens (tertiary/aromatic N) is 2. The highest BCUT2D eigenvalue weighted by atomic mass is 127. The van der Waals surface area contributed by atoms with E-state index >= 15 is 0 Å². The maximum atomic E-state index is 13.9. The molecule has 0 saturated carbocycles. The third-order valence-corrected chi connectivity index (χ3v) is 7.67. The van der Waals surface area contributed by atoms with Crippen molar-refractivity contribution in [1.82, 2.24) is 9.80 Å². The van der Waals surface area contributed by atoms with Crippen molar-refractivity contribution in [2.45, 2.75) is 5.92 Å². The number of carbonyl (C=O) groups excluding carboxylic acids is 3.